The number of benzene rings is 3. The Kier molecular flexibility index (Phi) is 12.4. The number of nitrogens with zero attached hydrogens (tertiary/aromatic N) is 4. The minimum Gasteiger partial charge on any atom is -0.488 e. The highest BCUT2D eigenvalue weighted by molar-refractivity contribution is 6.32. The molecule has 11 nitrogen and oxygen atoms in total. The van der Waals surface area contributed by atoms with Gasteiger partial charge in [-0.05, 0) is 79.3 Å². The van der Waals surface area contributed by atoms with E-state index in [4.69, 9.17) is 35.3 Å². The second-order valence-corrected chi connectivity index (χ2v) is 14.9. The van der Waals surface area contributed by atoms with Crippen LogP contribution in [0.2, 0.25) is 5.02 Å². The fraction of sp³-hybridized carbons (Fsp3) is 0.419. The maximum atomic E-state index is 12.7. The van der Waals surface area contributed by atoms with Gasteiger partial charge in [-0.15, -0.1) is 0 Å². The first-order chi connectivity index (χ1) is 26.8. The molecule has 2 saturated heterocycles. The van der Waals surface area contributed by atoms with E-state index in [1.54, 1.807) is 18.3 Å². The highest BCUT2D eigenvalue weighted by Gasteiger charge is 2.31. The van der Waals surface area contributed by atoms with Crippen molar-refractivity contribution in [2.45, 2.75) is 77.0 Å². The number of aliphatic hydroxyl groups is 1. The molecule has 55 heavy (non-hydrogen) atoms. The van der Waals surface area contributed by atoms with Gasteiger partial charge in [-0.25, -0.2) is 0 Å². The number of esters is 1. The Morgan fingerprint density at radius 3 is 2.71 bits per heavy atom. The zero-order valence-electron chi connectivity index (χ0n) is 31.3. The Bertz CT molecular complexity index is 2040. The van der Waals surface area contributed by atoms with Crippen LogP contribution >= 0.6 is 11.6 Å². The van der Waals surface area contributed by atoms with Crippen LogP contribution in [0.3, 0.4) is 0 Å². The fourth-order valence-electron chi connectivity index (χ4n) is 7.61. The van der Waals surface area contributed by atoms with Gasteiger partial charge in [0, 0.05) is 62.2 Å². The largest absolute Gasteiger partial charge is 0.488 e. The number of piperidine rings is 1. The van der Waals surface area contributed by atoms with Crippen molar-refractivity contribution in [2.75, 3.05) is 39.9 Å². The molecule has 1 unspecified atom stereocenters. The molecule has 3 aliphatic rings. The van der Waals surface area contributed by atoms with Crippen LogP contribution in [0.5, 0.6) is 23.0 Å². The molecule has 0 radical (unpaired) electrons. The van der Waals surface area contributed by atoms with Gasteiger partial charge in [0.1, 0.15) is 49.5 Å². The van der Waals surface area contributed by atoms with Crippen LogP contribution < -0.4 is 18.9 Å². The van der Waals surface area contributed by atoms with Crippen LogP contribution in [0.15, 0.2) is 67.0 Å². The molecule has 288 valence electrons. The maximum absolute atomic E-state index is 12.7. The summed E-state index contributed by atoms with van der Waals surface area (Å²) in [4.78, 5) is 21.2. The fourth-order valence-corrected chi connectivity index (χ4v) is 7.85. The number of pyridine rings is 1. The number of carbonyl (C=O) groups is 1. The zero-order valence-corrected chi connectivity index (χ0v) is 32.1. The molecule has 3 aromatic carbocycles. The minimum absolute atomic E-state index is 0.0557. The number of nitriles is 1. The van der Waals surface area contributed by atoms with Crippen molar-refractivity contribution in [1.82, 2.24) is 14.8 Å². The lowest BCUT2D eigenvalue weighted by atomic mass is 9.96. The zero-order chi connectivity index (χ0) is 38.3. The molecule has 0 bridgehead atoms. The van der Waals surface area contributed by atoms with E-state index >= 15 is 0 Å². The monoisotopic (exact) mass is 766 g/mol. The number of hydrogen-bond donors (Lipinski definition) is 1. The smallest absolute Gasteiger partial charge is 0.323 e. The van der Waals surface area contributed by atoms with Gasteiger partial charge in [0.2, 0.25) is 0 Å². The molecular weight excluding hydrogens is 720 g/mol. The van der Waals surface area contributed by atoms with Crippen molar-refractivity contribution in [2.24, 2.45) is 0 Å². The van der Waals surface area contributed by atoms with Gasteiger partial charge in [-0.3, -0.25) is 14.7 Å². The summed E-state index contributed by atoms with van der Waals surface area (Å²) in [6, 6.07) is 19.4. The predicted molar refractivity (Wildman–Crippen MR) is 207 cm³/mol. The maximum Gasteiger partial charge on any atom is 0.323 e. The van der Waals surface area contributed by atoms with Crippen molar-refractivity contribution in [1.29, 1.82) is 5.26 Å². The second-order valence-electron chi connectivity index (χ2n) is 14.5. The lowest BCUT2D eigenvalue weighted by molar-refractivity contribution is -0.148. The number of halogens is 1. The van der Waals surface area contributed by atoms with E-state index in [1.165, 1.54) is 13.3 Å². The number of carbonyl (C=O) groups excluding carboxylic acids is 1. The molecule has 0 aliphatic carbocycles. The van der Waals surface area contributed by atoms with E-state index in [0.717, 1.165) is 103 Å². The topological polar surface area (TPSA) is 127 Å². The summed E-state index contributed by atoms with van der Waals surface area (Å²) in [6.45, 7) is 6.70. The summed E-state index contributed by atoms with van der Waals surface area (Å²) in [5, 5.41) is 19.7. The van der Waals surface area contributed by atoms with Gasteiger partial charge < -0.3 is 33.7 Å². The third-order valence-corrected chi connectivity index (χ3v) is 11.0. The Morgan fingerprint density at radius 2 is 1.89 bits per heavy atom. The number of rotatable bonds is 13. The molecule has 1 N–H and O–H groups in total. The average Bonchev–Trinajstić information content (AvgIpc) is 3.64. The van der Waals surface area contributed by atoms with Crippen LogP contribution in [0.1, 0.15) is 59.9 Å². The van der Waals surface area contributed by atoms with Gasteiger partial charge in [0.25, 0.3) is 0 Å². The average molecular weight is 767 g/mol. The van der Waals surface area contributed by atoms with Crippen LogP contribution in [-0.2, 0) is 29.3 Å². The predicted octanol–water partition coefficient (Wildman–Crippen LogP) is 6.86. The number of β-amino-alcohol motifs (C(OH)–C–C–N with tert-alkyl or cyclic N) is 1. The molecule has 0 amide bonds. The van der Waals surface area contributed by atoms with Crippen molar-refractivity contribution in [3.8, 4) is 40.2 Å². The van der Waals surface area contributed by atoms with E-state index in [1.807, 2.05) is 30.3 Å². The molecule has 0 saturated carbocycles. The highest BCUT2D eigenvalue weighted by atomic mass is 35.5. The normalized spacial score (nSPS) is 19.8. The molecule has 3 aliphatic heterocycles. The molecule has 4 heterocycles. The van der Waals surface area contributed by atoms with E-state index < -0.39 is 0 Å². The number of hydrogen-bond acceptors (Lipinski definition) is 11. The van der Waals surface area contributed by atoms with Gasteiger partial charge in [-0.2, -0.15) is 5.26 Å². The van der Waals surface area contributed by atoms with E-state index in [9.17, 15) is 15.2 Å². The van der Waals surface area contributed by atoms with E-state index in [-0.39, 0.29) is 37.4 Å². The van der Waals surface area contributed by atoms with Crippen LogP contribution in [0.4, 0.5) is 0 Å². The van der Waals surface area contributed by atoms with Crippen LogP contribution in [0.25, 0.3) is 11.1 Å². The molecule has 4 aromatic rings. The van der Waals surface area contributed by atoms with Gasteiger partial charge >= 0.3 is 5.97 Å². The number of likely N-dealkylation sites (tertiary alicyclic amines) is 2. The Morgan fingerprint density at radius 1 is 1.02 bits per heavy atom. The van der Waals surface area contributed by atoms with Crippen LogP contribution in [-0.4, -0.2) is 84.0 Å². The SMILES string of the molecule is COC(=O)[C@@H]1CCCCN1Cc1cc(Cl)c(OCc2cccc(-c3ccc4c(c3)OC(CCN3CC[C@H](O)C3)CO4)c2C)cc1OCc1cncc(C#N)c1. The molecule has 7 rings (SSSR count). The summed E-state index contributed by atoms with van der Waals surface area (Å²) >= 11 is 6.90. The van der Waals surface area contributed by atoms with Gasteiger partial charge in [0.05, 0.1) is 23.8 Å². The van der Waals surface area contributed by atoms with Crippen LogP contribution in [0, 0.1) is 18.3 Å². The number of aliphatic hydroxyl groups excluding tert-OH is 1. The summed E-state index contributed by atoms with van der Waals surface area (Å²) in [5.41, 5.74) is 6.14. The van der Waals surface area contributed by atoms with E-state index in [0.29, 0.717) is 35.2 Å². The minimum atomic E-state index is -0.348. The Balaban J connectivity index is 1.08. The summed E-state index contributed by atoms with van der Waals surface area (Å²) in [5.74, 6) is 2.24. The molecule has 12 heteroatoms. The number of fused-ring (bicyclic) bond motifs is 1. The second kappa shape index (κ2) is 17.7. The van der Waals surface area contributed by atoms with Crippen molar-refractivity contribution in [3.05, 3.63) is 99.8 Å². The first-order valence-corrected chi connectivity index (χ1v) is 19.3. The molecule has 1 aromatic heterocycles. The number of methoxy groups -OCH3 is 1. The summed E-state index contributed by atoms with van der Waals surface area (Å²) < 4.78 is 30.4. The molecule has 2 fully saturated rings. The van der Waals surface area contributed by atoms with Crippen molar-refractivity contribution < 1.29 is 33.6 Å². The standard InChI is InChI=1S/C43H47ClN4O7/c1-28-32(6-5-7-36(28)31-9-10-39-42(18-31)55-35(27-54-39)12-15-47-14-11-34(49)24-47)26-53-41-19-40(52-25-30-16-29(20-45)21-46-22-30)33(17-37(41)44)23-48-13-4-3-8-38(48)43(50)51-2/h5-7,9-10,16-19,21-22,34-35,38,49H,3-4,8,11-15,23-27H2,1-2H3/t34-,35?,38-/m0/s1. The summed E-state index contributed by atoms with van der Waals surface area (Å²) in [7, 11) is 1.42. The van der Waals surface area contributed by atoms with Gasteiger partial charge in [0.15, 0.2) is 11.5 Å². The lowest BCUT2D eigenvalue weighted by Crippen LogP contribution is -2.44. The van der Waals surface area contributed by atoms with Crippen molar-refractivity contribution >= 4 is 17.6 Å². The summed E-state index contributed by atoms with van der Waals surface area (Å²) in [6.07, 6.45) is 7.20. The third kappa shape index (κ3) is 9.34. The quantitative estimate of drug-likeness (QED) is 0.143. The third-order valence-electron chi connectivity index (χ3n) is 10.7. The van der Waals surface area contributed by atoms with Gasteiger partial charge in [-0.1, -0.05) is 42.3 Å². The molecule has 3 atom stereocenters. The molecule has 0 spiro atoms. The first kappa shape index (κ1) is 38.4. The number of aromatic nitrogens is 1. The lowest BCUT2D eigenvalue weighted by Gasteiger charge is -2.34. The van der Waals surface area contributed by atoms with Crippen molar-refractivity contribution in [3.63, 3.8) is 0 Å². The van der Waals surface area contributed by atoms with E-state index in [2.05, 4.69) is 39.9 Å². The Labute approximate surface area is 327 Å². The number of ether oxygens (including phenoxy) is 5. The molecular formula is C43H47ClN4O7. The first-order valence-electron chi connectivity index (χ1n) is 18.9. The Hall–Kier alpha value is -4.86. The highest BCUT2D eigenvalue weighted by Crippen LogP contribution is 2.39.